The summed E-state index contributed by atoms with van der Waals surface area (Å²) in [5.74, 6) is -0.428. The maximum atomic E-state index is 11.4. The van der Waals surface area contributed by atoms with Crippen molar-refractivity contribution < 1.29 is 14.3 Å². The van der Waals surface area contributed by atoms with Gasteiger partial charge in [-0.1, -0.05) is 0 Å². The highest BCUT2D eigenvalue weighted by Crippen LogP contribution is 2.12. The zero-order chi connectivity index (χ0) is 9.68. The minimum atomic E-state index is -0.435. The van der Waals surface area contributed by atoms with Gasteiger partial charge in [0.05, 0.1) is 7.11 Å². The van der Waals surface area contributed by atoms with Crippen molar-refractivity contribution in [1.82, 2.24) is 5.32 Å². The van der Waals surface area contributed by atoms with Gasteiger partial charge in [-0.05, 0) is 19.4 Å². The average Bonchev–Trinajstić information content (AvgIpc) is 2.19. The summed E-state index contributed by atoms with van der Waals surface area (Å²) in [5, 5.41) is 3.13. The lowest BCUT2D eigenvalue weighted by molar-refractivity contribution is -0.144. The van der Waals surface area contributed by atoms with E-state index in [1.54, 1.807) is 0 Å². The molecule has 1 saturated heterocycles. The van der Waals surface area contributed by atoms with Crippen LogP contribution in [0.15, 0.2) is 0 Å². The molecular formula is C9H15NO3. The van der Waals surface area contributed by atoms with Crippen LogP contribution in [0, 0.1) is 5.92 Å². The van der Waals surface area contributed by atoms with Gasteiger partial charge in [0.15, 0.2) is 0 Å². The summed E-state index contributed by atoms with van der Waals surface area (Å²) in [5.41, 5.74) is 0. The molecule has 1 aliphatic heterocycles. The summed E-state index contributed by atoms with van der Waals surface area (Å²) >= 11 is 0. The summed E-state index contributed by atoms with van der Waals surface area (Å²) < 4.78 is 4.43. The molecule has 0 aromatic carbocycles. The van der Waals surface area contributed by atoms with Crippen LogP contribution in [0.1, 0.15) is 19.3 Å². The van der Waals surface area contributed by atoms with E-state index in [-0.39, 0.29) is 18.1 Å². The van der Waals surface area contributed by atoms with Crippen LogP contribution in [0.5, 0.6) is 0 Å². The zero-order valence-electron chi connectivity index (χ0n) is 7.84. The van der Waals surface area contributed by atoms with Crippen molar-refractivity contribution in [3.8, 4) is 0 Å². The normalized spacial score (nSPS) is 22.4. The Bertz CT molecular complexity index is 197. The first-order chi connectivity index (χ1) is 6.24. The van der Waals surface area contributed by atoms with Gasteiger partial charge in [0.25, 0.3) is 0 Å². The molecule has 4 nitrogen and oxygen atoms in total. The maximum absolute atomic E-state index is 11.4. The standard InChI is InChI=1S/C9H15NO3/c1-13-9(12)5-8(11)7-3-2-4-10-6-7/h7,10H,2-6H2,1H3/t7-/m1/s1. The molecule has 1 heterocycles. The number of Topliss-reactive ketones (excluding diaryl/α,β-unsaturated/α-hetero) is 1. The molecule has 1 atom stereocenters. The fourth-order valence-corrected chi connectivity index (χ4v) is 1.49. The van der Waals surface area contributed by atoms with E-state index in [0.717, 1.165) is 19.4 Å². The Kier molecular flexibility index (Phi) is 3.89. The molecule has 0 bridgehead atoms. The molecule has 0 unspecified atom stereocenters. The minimum absolute atomic E-state index is 0.000880. The predicted molar refractivity (Wildman–Crippen MR) is 47.2 cm³/mol. The summed E-state index contributed by atoms with van der Waals surface area (Å²) in [7, 11) is 1.30. The molecule has 1 aliphatic rings. The van der Waals surface area contributed by atoms with Crippen LogP contribution < -0.4 is 5.32 Å². The Labute approximate surface area is 77.6 Å². The Morgan fingerprint density at radius 2 is 2.31 bits per heavy atom. The minimum Gasteiger partial charge on any atom is -0.469 e. The van der Waals surface area contributed by atoms with E-state index in [0.29, 0.717) is 6.54 Å². The number of hydrogen-bond donors (Lipinski definition) is 1. The van der Waals surface area contributed by atoms with Crippen LogP contribution in [-0.4, -0.2) is 32.0 Å². The van der Waals surface area contributed by atoms with Gasteiger partial charge in [-0.2, -0.15) is 0 Å². The van der Waals surface area contributed by atoms with Gasteiger partial charge < -0.3 is 10.1 Å². The first-order valence-corrected chi connectivity index (χ1v) is 4.54. The molecule has 1 N–H and O–H groups in total. The molecule has 0 aliphatic carbocycles. The molecule has 74 valence electrons. The van der Waals surface area contributed by atoms with Gasteiger partial charge in [0, 0.05) is 12.5 Å². The van der Waals surface area contributed by atoms with Crippen molar-refractivity contribution in [3.05, 3.63) is 0 Å². The second-order valence-corrected chi connectivity index (χ2v) is 3.26. The Morgan fingerprint density at radius 1 is 1.54 bits per heavy atom. The molecule has 0 aromatic heterocycles. The largest absolute Gasteiger partial charge is 0.469 e. The van der Waals surface area contributed by atoms with Gasteiger partial charge in [-0.25, -0.2) is 0 Å². The van der Waals surface area contributed by atoms with Crippen LogP contribution in [-0.2, 0) is 14.3 Å². The van der Waals surface area contributed by atoms with Crippen molar-refractivity contribution in [2.75, 3.05) is 20.2 Å². The quantitative estimate of drug-likeness (QED) is 0.501. The number of carbonyl (C=O) groups excluding carboxylic acids is 2. The highest BCUT2D eigenvalue weighted by molar-refractivity contribution is 5.96. The van der Waals surface area contributed by atoms with E-state index in [4.69, 9.17) is 0 Å². The predicted octanol–water partition coefficient (Wildman–Crippen LogP) is 0.118. The number of ketones is 1. The number of nitrogens with one attached hydrogen (secondary N) is 1. The SMILES string of the molecule is COC(=O)CC(=O)[C@@H]1CCCNC1. The molecule has 0 amide bonds. The van der Waals surface area contributed by atoms with Gasteiger partial charge in [-0.3, -0.25) is 9.59 Å². The lowest BCUT2D eigenvalue weighted by atomic mass is 9.93. The molecule has 0 radical (unpaired) electrons. The number of ether oxygens (including phenoxy) is 1. The van der Waals surface area contributed by atoms with Crippen LogP contribution in [0.25, 0.3) is 0 Å². The molecular weight excluding hydrogens is 170 g/mol. The van der Waals surface area contributed by atoms with Crippen molar-refractivity contribution >= 4 is 11.8 Å². The Balaban J connectivity index is 2.33. The molecule has 13 heavy (non-hydrogen) atoms. The Morgan fingerprint density at radius 3 is 2.85 bits per heavy atom. The van der Waals surface area contributed by atoms with E-state index < -0.39 is 5.97 Å². The highest BCUT2D eigenvalue weighted by Gasteiger charge is 2.22. The van der Waals surface area contributed by atoms with Crippen molar-refractivity contribution in [2.45, 2.75) is 19.3 Å². The first-order valence-electron chi connectivity index (χ1n) is 4.54. The number of piperidine rings is 1. The first kappa shape index (κ1) is 10.2. The van der Waals surface area contributed by atoms with Gasteiger partial charge in [-0.15, -0.1) is 0 Å². The number of methoxy groups -OCH3 is 1. The smallest absolute Gasteiger partial charge is 0.313 e. The summed E-state index contributed by atoms with van der Waals surface area (Å²) in [6, 6.07) is 0. The van der Waals surface area contributed by atoms with E-state index >= 15 is 0 Å². The monoisotopic (exact) mass is 185 g/mol. The third kappa shape index (κ3) is 3.14. The number of hydrogen-bond acceptors (Lipinski definition) is 4. The van der Waals surface area contributed by atoms with Crippen molar-refractivity contribution in [2.24, 2.45) is 5.92 Å². The van der Waals surface area contributed by atoms with Gasteiger partial charge in [0.1, 0.15) is 12.2 Å². The maximum Gasteiger partial charge on any atom is 0.313 e. The van der Waals surface area contributed by atoms with Crippen molar-refractivity contribution in [3.63, 3.8) is 0 Å². The molecule has 0 spiro atoms. The molecule has 1 rings (SSSR count). The fraction of sp³-hybridized carbons (Fsp3) is 0.778. The molecule has 4 heteroatoms. The summed E-state index contributed by atoms with van der Waals surface area (Å²) in [6.45, 7) is 1.68. The molecule has 0 saturated carbocycles. The lowest BCUT2D eigenvalue weighted by Crippen LogP contribution is -2.35. The number of esters is 1. The third-order valence-corrected chi connectivity index (χ3v) is 2.30. The van der Waals surface area contributed by atoms with Gasteiger partial charge in [0.2, 0.25) is 0 Å². The van der Waals surface area contributed by atoms with Crippen molar-refractivity contribution in [1.29, 1.82) is 0 Å². The summed E-state index contributed by atoms with van der Waals surface area (Å²) in [4.78, 5) is 22.2. The molecule has 1 fully saturated rings. The highest BCUT2D eigenvalue weighted by atomic mass is 16.5. The topological polar surface area (TPSA) is 55.4 Å². The van der Waals surface area contributed by atoms with Crippen LogP contribution in [0.2, 0.25) is 0 Å². The fourth-order valence-electron chi connectivity index (χ4n) is 1.49. The van der Waals surface area contributed by atoms with E-state index in [9.17, 15) is 9.59 Å². The zero-order valence-corrected chi connectivity index (χ0v) is 7.84. The van der Waals surface area contributed by atoms with E-state index in [2.05, 4.69) is 10.1 Å². The van der Waals surface area contributed by atoms with E-state index in [1.807, 2.05) is 0 Å². The van der Waals surface area contributed by atoms with E-state index in [1.165, 1.54) is 7.11 Å². The Hall–Kier alpha value is -0.900. The lowest BCUT2D eigenvalue weighted by Gasteiger charge is -2.20. The van der Waals surface area contributed by atoms with Crippen LogP contribution in [0.4, 0.5) is 0 Å². The second kappa shape index (κ2) is 4.97. The third-order valence-electron chi connectivity index (χ3n) is 2.30. The number of rotatable bonds is 3. The average molecular weight is 185 g/mol. The number of carbonyl (C=O) groups is 2. The molecule has 0 aromatic rings. The van der Waals surface area contributed by atoms with Gasteiger partial charge >= 0.3 is 5.97 Å². The van der Waals surface area contributed by atoms with Crippen LogP contribution >= 0.6 is 0 Å². The summed E-state index contributed by atoms with van der Waals surface area (Å²) in [6.07, 6.45) is 1.82. The van der Waals surface area contributed by atoms with Crippen LogP contribution in [0.3, 0.4) is 0 Å². The second-order valence-electron chi connectivity index (χ2n) is 3.26.